The minimum Gasteiger partial charge on any atom is -0.369 e. The molecular formula is C12H18N4O2. The van der Waals surface area contributed by atoms with Gasteiger partial charge in [-0.2, -0.15) is 5.10 Å². The van der Waals surface area contributed by atoms with Crippen molar-refractivity contribution in [2.24, 2.45) is 12.8 Å². The van der Waals surface area contributed by atoms with Crippen molar-refractivity contribution in [3.8, 4) is 0 Å². The van der Waals surface area contributed by atoms with Crippen molar-refractivity contribution in [2.45, 2.75) is 25.3 Å². The van der Waals surface area contributed by atoms with E-state index in [9.17, 15) is 9.59 Å². The van der Waals surface area contributed by atoms with Crippen LogP contribution in [0.1, 0.15) is 29.6 Å². The zero-order valence-electron chi connectivity index (χ0n) is 10.5. The fourth-order valence-corrected chi connectivity index (χ4v) is 2.43. The number of rotatable bonds is 5. The van der Waals surface area contributed by atoms with Crippen LogP contribution >= 0.6 is 0 Å². The van der Waals surface area contributed by atoms with E-state index >= 15 is 0 Å². The Bertz CT molecular complexity index is 455. The average Bonchev–Trinajstić information content (AvgIpc) is 2.88. The summed E-state index contributed by atoms with van der Waals surface area (Å²) in [6.45, 7) is 1.08. The summed E-state index contributed by atoms with van der Waals surface area (Å²) in [4.78, 5) is 25.0. The van der Waals surface area contributed by atoms with Gasteiger partial charge in [0.05, 0.1) is 18.3 Å². The summed E-state index contributed by atoms with van der Waals surface area (Å²) in [5, 5.41) is 3.99. The summed E-state index contributed by atoms with van der Waals surface area (Å²) in [5.41, 5.74) is 5.83. The molecule has 18 heavy (non-hydrogen) atoms. The third kappa shape index (κ3) is 2.95. The molecule has 6 heteroatoms. The average molecular weight is 250 g/mol. The minimum absolute atomic E-state index is 0.0736. The van der Waals surface area contributed by atoms with Crippen LogP contribution in [0.5, 0.6) is 0 Å². The molecule has 2 heterocycles. The molecule has 1 amide bonds. The van der Waals surface area contributed by atoms with Crippen LogP contribution in [-0.2, 0) is 11.8 Å². The highest BCUT2D eigenvalue weighted by Crippen LogP contribution is 2.21. The highest BCUT2D eigenvalue weighted by molar-refractivity contribution is 5.96. The third-order valence-electron chi connectivity index (χ3n) is 3.31. The number of carbonyl (C=O) groups is 2. The Kier molecular flexibility index (Phi) is 3.76. The van der Waals surface area contributed by atoms with Gasteiger partial charge in [-0.3, -0.25) is 19.2 Å². The summed E-state index contributed by atoms with van der Waals surface area (Å²) < 4.78 is 1.61. The number of amides is 1. The zero-order valence-corrected chi connectivity index (χ0v) is 10.5. The predicted octanol–water partition coefficient (Wildman–Crippen LogP) is -0.0574. The number of aromatic nitrogens is 2. The Morgan fingerprint density at radius 1 is 1.56 bits per heavy atom. The normalized spacial score (nSPS) is 20.2. The lowest BCUT2D eigenvalue weighted by Gasteiger charge is -2.21. The first-order valence-electron chi connectivity index (χ1n) is 6.10. The van der Waals surface area contributed by atoms with Gasteiger partial charge in [0.15, 0.2) is 5.78 Å². The molecule has 98 valence electrons. The molecule has 1 saturated heterocycles. The molecular weight excluding hydrogens is 232 g/mol. The van der Waals surface area contributed by atoms with Crippen molar-refractivity contribution < 1.29 is 9.59 Å². The summed E-state index contributed by atoms with van der Waals surface area (Å²) in [6, 6.07) is 0.130. The Balaban J connectivity index is 1.96. The molecule has 1 aromatic heterocycles. The van der Waals surface area contributed by atoms with E-state index in [1.165, 1.54) is 0 Å². The summed E-state index contributed by atoms with van der Waals surface area (Å²) in [5.74, 6) is -0.264. The maximum absolute atomic E-state index is 12.0. The number of ketones is 1. The molecule has 1 atom stereocenters. The van der Waals surface area contributed by atoms with E-state index < -0.39 is 0 Å². The second kappa shape index (κ2) is 5.30. The molecule has 2 rings (SSSR count). The number of aryl methyl sites for hydroxylation is 1. The van der Waals surface area contributed by atoms with E-state index in [0.29, 0.717) is 12.0 Å². The quantitative estimate of drug-likeness (QED) is 0.742. The number of hydrogen-bond acceptors (Lipinski definition) is 4. The molecule has 0 bridgehead atoms. The first-order valence-corrected chi connectivity index (χ1v) is 6.10. The second-order valence-corrected chi connectivity index (χ2v) is 4.76. The number of primary amides is 1. The van der Waals surface area contributed by atoms with Gasteiger partial charge in [0.2, 0.25) is 5.91 Å². The van der Waals surface area contributed by atoms with Crippen LogP contribution in [0.25, 0.3) is 0 Å². The van der Waals surface area contributed by atoms with Gasteiger partial charge in [0.25, 0.3) is 0 Å². The minimum atomic E-state index is -0.337. The number of carbonyl (C=O) groups excluding carboxylic acids is 2. The molecule has 6 nitrogen and oxygen atoms in total. The number of nitrogens with zero attached hydrogens (tertiary/aromatic N) is 3. The maximum atomic E-state index is 12.0. The second-order valence-electron chi connectivity index (χ2n) is 4.76. The number of nitrogens with two attached hydrogens (primary N) is 1. The number of Topliss-reactive ketones (excluding diaryl/α,β-unsaturated/α-hetero) is 1. The molecule has 1 unspecified atom stereocenters. The Labute approximate surface area is 106 Å². The first kappa shape index (κ1) is 12.8. The van der Waals surface area contributed by atoms with Crippen molar-refractivity contribution in [2.75, 3.05) is 13.1 Å². The summed E-state index contributed by atoms with van der Waals surface area (Å²) in [6.07, 6.45) is 5.68. The van der Waals surface area contributed by atoms with Crippen LogP contribution in [-0.4, -0.2) is 45.5 Å². The van der Waals surface area contributed by atoms with Crippen molar-refractivity contribution >= 4 is 11.7 Å². The number of likely N-dealkylation sites (tertiary alicyclic amines) is 1. The van der Waals surface area contributed by atoms with E-state index in [1.54, 1.807) is 24.1 Å². The van der Waals surface area contributed by atoms with Crippen LogP contribution in [0.3, 0.4) is 0 Å². The smallest absolute Gasteiger partial charge is 0.231 e. The van der Waals surface area contributed by atoms with Crippen molar-refractivity contribution in [3.05, 3.63) is 18.0 Å². The fourth-order valence-electron chi connectivity index (χ4n) is 2.43. The fraction of sp³-hybridized carbons (Fsp3) is 0.583. The van der Waals surface area contributed by atoms with Crippen LogP contribution < -0.4 is 5.73 Å². The van der Waals surface area contributed by atoms with Crippen molar-refractivity contribution in [1.29, 1.82) is 0 Å². The van der Waals surface area contributed by atoms with Gasteiger partial charge in [-0.25, -0.2) is 0 Å². The number of hydrogen-bond donors (Lipinski definition) is 1. The van der Waals surface area contributed by atoms with Gasteiger partial charge in [0, 0.05) is 25.7 Å². The van der Waals surface area contributed by atoms with E-state index in [2.05, 4.69) is 5.10 Å². The molecule has 0 aliphatic carbocycles. The van der Waals surface area contributed by atoms with Gasteiger partial charge in [-0.15, -0.1) is 0 Å². The highest BCUT2D eigenvalue weighted by atomic mass is 16.1. The summed E-state index contributed by atoms with van der Waals surface area (Å²) >= 11 is 0. The molecule has 0 saturated carbocycles. The monoisotopic (exact) mass is 250 g/mol. The molecule has 1 aliphatic heterocycles. The lowest BCUT2D eigenvalue weighted by Crippen LogP contribution is -2.38. The molecule has 0 radical (unpaired) electrons. The van der Waals surface area contributed by atoms with Crippen LogP contribution in [0.2, 0.25) is 0 Å². The lowest BCUT2D eigenvalue weighted by molar-refractivity contribution is -0.119. The predicted molar refractivity (Wildman–Crippen MR) is 65.9 cm³/mol. The standard InChI is InChI=1S/C12H18N4O2/c1-15-7-9(6-14-15)11(17)5-10-3-2-4-16(10)8-12(13)18/h6-7,10H,2-5,8H2,1H3,(H2,13,18). The largest absolute Gasteiger partial charge is 0.369 e. The van der Waals surface area contributed by atoms with Crippen LogP contribution in [0.4, 0.5) is 0 Å². The SMILES string of the molecule is Cn1cc(C(=O)CC2CCCN2CC(N)=O)cn1. The van der Waals surface area contributed by atoms with E-state index in [1.807, 2.05) is 4.90 Å². The highest BCUT2D eigenvalue weighted by Gasteiger charge is 2.28. The summed E-state index contributed by atoms with van der Waals surface area (Å²) in [7, 11) is 1.78. The molecule has 1 fully saturated rings. The Hall–Kier alpha value is -1.69. The van der Waals surface area contributed by atoms with Crippen LogP contribution in [0.15, 0.2) is 12.4 Å². The van der Waals surface area contributed by atoms with Gasteiger partial charge in [-0.1, -0.05) is 0 Å². The maximum Gasteiger partial charge on any atom is 0.231 e. The molecule has 1 aliphatic rings. The van der Waals surface area contributed by atoms with Gasteiger partial charge in [0.1, 0.15) is 0 Å². The van der Waals surface area contributed by atoms with Gasteiger partial charge < -0.3 is 5.73 Å². The van der Waals surface area contributed by atoms with E-state index in [-0.39, 0.29) is 24.3 Å². The van der Waals surface area contributed by atoms with E-state index in [0.717, 1.165) is 19.4 Å². The third-order valence-corrected chi connectivity index (χ3v) is 3.31. The molecule has 1 aromatic rings. The topological polar surface area (TPSA) is 81.2 Å². The Morgan fingerprint density at radius 2 is 2.33 bits per heavy atom. The lowest BCUT2D eigenvalue weighted by atomic mass is 10.0. The zero-order chi connectivity index (χ0) is 13.1. The first-order chi connectivity index (χ1) is 8.56. The van der Waals surface area contributed by atoms with E-state index in [4.69, 9.17) is 5.73 Å². The van der Waals surface area contributed by atoms with Crippen LogP contribution in [0, 0.1) is 0 Å². The Morgan fingerprint density at radius 3 is 2.94 bits per heavy atom. The molecule has 0 aromatic carbocycles. The molecule has 0 spiro atoms. The van der Waals surface area contributed by atoms with Gasteiger partial charge in [-0.05, 0) is 19.4 Å². The van der Waals surface area contributed by atoms with Gasteiger partial charge >= 0.3 is 0 Å². The van der Waals surface area contributed by atoms with Crippen molar-refractivity contribution in [1.82, 2.24) is 14.7 Å². The molecule has 2 N–H and O–H groups in total. The van der Waals surface area contributed by atoms with Crippen molar-refractivity contribution in [3.63, 3.8) is 0 Å².